The van der Waals surface area contributed by atoms with Gasteiger partial charge in [0.1, 0.15) is 6.10 Å². The molecule has 0 aliphatic heterocycles. The van der Waals surface area contributed by atoms with Crippen LogP contribution in [-0.4, -0.2) is 23.4 Å². The highest BCUT2D eigenvalue weighted by Crippen LogP contribution is 2.37. The second kappa shape index (κ2) is 6.98. The number of alkyl halides is 3. The first-order valence-corrected chi connectivity index (χ1v) is 6.86. The van der Waals surface area contributed by atoms with Crippen molar-refractivity contribution in [2.75, 3.05) is 12.4 Å². The summed E-state index contributed by atoms with van der Waals surface area (Å²) in [5, 5.41) is 21.1. The number of amides is 1. The molecule has 5 nitrogen and oxygen atoms in total. The van der Waals surface area contributed by atoms with Gasteiger partial charge in [0.15, 0.2) is 11.6 Å². The molecule has 0 saturated heterocycles. The Morgan fingerprint density at radius 1 is 1.20 bits per heavy atom. The maximum Gasteiger partial charge on any atom is 0.416 e. The average Bonchev–Trinajstić information content (AvgIpc) is 2.53. The van der Waals surface area contributed by atoms with Crippen LogP contribution in [0.25, 0.3) is 0 Å². The molecule has 0 fully saturated rings. The third-order valence-electron chi connectivity index (χ3n) is 3.42. The maximum absolute atomic E-state index is 14.3. The number of rotatable bonds is 4. The highest BCUT2D eigenvalue weighted by molar-refractivity contribution is 5.84. The van der Waals surface area contributed by atoms with Crippen LogP contribution in [0.2, 0.25) is 0 Å². The van der Waals surface area contributed by atoms with Gasteiger partial charge in [0, 0.05) is 11.1 Å². The van der Waals surface area contributed by atoms with E-state index in [9.17, 15) is 27.5 Å². The Balaban J connectivity index is 2.60. The second-order valence-corrected chi connectivity index (χ2v) is 5.00. The summed E-state index contributed by atoms with van der Waals surface area (Å²) in [4.78, 5) is 10.8. The molecule has 0 saturated carbocycles. The molecule has 0 spiro atoms. The van der Waals surface area contributed by atoms with Crippen molar-refractivity contribution in [2.45, 2.75) is 12.3 Å². The normalized spacial score (nSPS) is 12.6. The van der Waals surface area contributed by atoms with Crippen LogP contribution in [0.15, 0.2) is 36.4 Å². The molecular formula is C16H13F4NO4. The summed E-state index contributed by atoms with van der Waals surface area (Å²) in [6, 6.07) is 5.85. The fraction of sp³-hybridized carbons (Fsp3) is 0.188. The molecule has 25 heavy (non-hydrogen) atoms. The van der Waals surface area contributed by atoms with Crippen LogP contribution in [0.3, 0.4) is 0 Å². The van der Waals surface area contributed by atoms with Gasteiger partial charge in [-0.05, 0) is 24.3 Å². The van der Waals surface area contributed by atoms with Crippen molar-refractivity contribution >= 4 is 11.8 Å². The van der Waals surface area contributed by atoms with Gasteiger partial charge in [-0.2, -0.15) is 13.2 Å². The van der Waals surface area contributed by atoms with Crippen LogP contribution >= 0.6 is 0 Å². The predicted molar refractivity (Wildman–Crippen MR) is 80.1 cm³/mol. The van der Waals surface area contributed by atoms with Gasteiger partial charge in [0.05, 0.1) is 18.4 Å². The van der Waals surface area contributed by atoms with Crippen molar-refractivity contribution in [3.8, 4) is 5.75 Å². The zero-order valence-electron chi connectivity index (χ0n) is 12.8. The fourth-order valence-electron chi connectivity index (χ4n) is 2.26. The Morgan fingerprint density at radius 2 is 1.88 bits per heavy atom. The first kappa shape index (κ1) is 18.5. The minimum Gasteiger partial charge on any atom is -0.494 e. The van der Waals surface area contributed by atoms with Gasteiger partial charge in [-0.25, -0.2) is 9.18 Å². The molecule has 0 bridgehead atoms. The summed E-state index contributed by atoms with van der Waals surface area (Å²) in [5.41, 5.74) is -2.20. The molecule has 0 aliphatic carbocycles. The molecular weight excluding hydrogens is 346 g/mol. The summed E-state index contributed by atoms with van der Waals surface area (Å²) in [6.45, 7) is 0. The molecule has 2 aromatic carbocycles. The molecule has 2 aromatic rings. The number of methoxy groups -OCH3 is 1. The number of hydrogen-bond acceptors (Lipinski definition) is 3. The Labute approximate surface area is 139 Å². The lowest BCUT2D eigenvalue weighted by Gasteiger charge is -2.19. The molecule has 1 unspecified atom stereocenters. The lowest BCUT2D eigenvalue weighted by Crippen LogP contribution is -2.14. The second-order valence-electron chi connectivity index (χ2n) is 5.00. The minimum atomic E-state index is -4.72. The number of halogens is 4. The smallest absolute Gasteiger partial charge is 0.416 e. The van der Waals surface area contributed by atoms with E-state index in [1.807, 2.05) is 5.32 Å². The van der Waals surface area contributed by atoms with Gasteiger partial charge >= 0.3 is 12.3 Å². The van der Waals surface area contributed by atoms with Crippen LogP contribution in [0.1, 0.15) is 22.8 Å². The van der Waals surface area contributed by atoms with Crippen LogP contribution < -0.4 is 10.1 Å². The summed E-state index contributed by atoms with van der Waals surface area (Å²) in [5.74, 6) is -1.17. The van der Waals surface area contributed by atoms with Gasteiger partial charge in [0.2, 0.25) is 0 Å². The molecule has 2 rings (SSSR count). The largest absolute Gasteiger partial charge is 0.494 e. The molecule has 0 aliphatic rings. The van der Waals surface area contributed by atoms with Crippen molar-refractivity contribution < 1.29 is 37.3 Å². The lowest BCUT2D eigenvalue weighted by molar-refractivity contribution is -0.137. The molecule has 0 aromatic heterocycles. The van der Waals surface area contributed by atoms with Crippen molar-refractivity contribution in [3.63, 3.8) is 0 Å². The van der Waals surface area contributed by atoms with Crippen LogP contribution in [-0.2, 0) is 6.18 Å². The molecule has 1 amide bonds. The van der Waals surface area contributed by atoms with Crippen molar-refractivity contribution in [2.24, 2.45) is 0 Å². The Morgan fingerprint density at radius 3 is 2.44 bits per heavy atom. The van der Waals surface area contributed by atoms with Crippen molar-refractivity contribution in [3.05, 3.63) is 58.9 Å². The first-order valence-electron chi connectivity index (χ1n) is 6.86. The quantitative estimate of drug-likeness (QED) is 0.721. The number of hydrogen-bond donors (Lipinski definition) is 3. The van der Waals surface area contributed by atoms with Gasteiger partial charge in [-0.15, -0.1) is 0 Å². The lowest BCUT2D eigenvalue weighted by atomic mass is 9.97. The number of carboxylic acid groups (broad SMARTS) is 1. The number of ether oxygens (including phenoxy) is 1. The van der Waals surface area contributed by atoms with E-state index in [-0.39, 0.29) is 17.0 Å². The zero-order chi connectivity index (χ0) is 18.8. The molecule has 1 atom stereocenters. The van der Waals surface area contributed by atoms with E-state index in [4.69, 9.17) is 9.84 Å². The minimum absolute atomic E-state index is 0.212. The standard InChI is InChI=1S/C16H13F4NO4/c1-25-12-4-2-3-9(13(12)17)14(22)10-7-8(16(18,19)20)5-6-11(10)21-15(23)24/h2-7,14,21-22H,1H3,(H,23,24). The third-order valence-corrected chi connectivity index (χ3v) is 3.42. The SMILES string of the molecule is COc1cccc(C(O)c2cc(C(F)(F)F)ccc2NC(=O)O)c1F. The van der Waals surface area contributed by atoms with E-state index in [1.165, 1.54) is 19.2 Å². The topological polar surface area (TPSA) is 78.8 Å². The molecule has 3 N–H and O–H groups in total. The van der Waals surface area contributed by atoms with E-state index in [0.29, 0.717) is 12.1 Å². The van der Waals surface area contributed by atoms with E-state index in [1.54, 1.807) is 0 Å². The molecule has 0 radical (unpaired) electrons. The Hall–Kier alpha value is -2.81. The van der Waals surface area contributed by atoms with Gasteiger partial charge in [0.25, 0.3) is 0 Å². The van der Waals surface area contributed by atoms with Crippen LogP contribution in [0.5, 0.6) is 5.75 Å². The number of benzene rings is 2. The van der Waals surface area contributed by atoms with Gasteiger partial charge in [-0.3, -0.25) is 5.32 Å². The maximum atomic E-state index is 14.3. The number of aliphatic hydroxyl groups is 1. The van der Waals surface area contributed by atoms with Crippen molar-refractivity contribution in [1.29, 1.82) is 0 Å². The van der Waals surface area contributed by atoms with E-state index in [0.717, 1.165) is 12.1 Å². The molecule has 0 heterocycles. The first-order chi connectivity index (χ1) is 11.6. The Bertz CT molecular complexity index is 792. The molecule has 134 valence electrons. The van der Waals surface area contributed by atoms with Gasteiger partial charge < -0.3 is 14.9 Å². The highest BCUT2D eigenvalue weighted by Gasteiger charge is 2.32. The van der Waals surface area contributed by atoms with Crippen molar-refractivity contribution in [1.82, 2.24) is 0 Å². The highest BCUT2D eigenvalue weighted by atomic mass is 19.4. The van der Waals surface area contributed by atoms with Gasteiger partial charge in [-0.1, -0.05) is 12.1 Å². The number of carbonyl (C=O) groups is 1. The van der Waals surface area contributed by atoms with E-state index in [2.05, 4.69) is 0 Å². The van der Waals surface area contributed by atoms with E-state index >= 15 is 0 Å². The van der Waals surface area contributed by atoms with Crippen LogP contribution in [0, 0.1) is 5.82 Å². The number of nitrogens with one attached hydrogen (secondary N) is 1. The third kappa shape index (κ3) is 4.00. The summed E-state index contributed by atoms with van der Waals surface area (Å²) >= 11 is 0. The monoisotopic (exact) mass is 359 g/mol. The summed E-state index contributed by atoms with van der Waals surface area (Å²) in [7, 11) is 1.19. The summed E-state index contributed by atoms with van der Waals surface area (Å²) in [6.07, 6.45) is -8.11. The predicted octanol–water partition coefficient (Wildman–Crippen LogP) is 4.02. The Kier molecular flexibility index (Phi) is 5.17. The summed E-state index contributed by atoms with van der Waals surface area (Å²) < 4.78 is 57.8. The number of anilines is 1. The number of aliphatic hydroxyl groups excluding tert-OH is 1. The zero-order valence-corrected chi connectivity index (χ0v) is 12.8. The van der Waals surface area contributed by atoms with E-state index < -0.39 is 35.3 Å². The average molecular weight is 359 g/mol. The fourth-order valence-corrected chi connectivity index (χ4v) is 2.26. The van der Waals surface area contributed by atoms with Crippen LogP contribution in [0.4, 0.5) is 28.0 Å². The molecule has 9 heteroatoms.